The van der Waals surface area contributed by atoms with Crippen LogP contribution in [0.1, 0.15) is 52.6 Å². The van der Waals surface area contributed by atoms with Crippen molar-refractivity contribution in [2.24, 2.45) is 16.7 Å². The number of rotatable bonds is 16. The SMILES string of the molecule is COC(=O)NC(C(=O)NC[C@@H](O)CN(Cc1c(F)cc(-c2ccn(C(F)F)n2)cc1F)NC(=O)[C@@H](NC(=O)C1CC1)C(C)(C)C(F)(F)F)C(C)(C)C(F)(F)F. The van der Waals surface area contributed by atoms with Crippen LogP contribution in [0.5, 0.6) is 0 Å². The highest BCUT2D eigenvalue weighted by Gasteiger charge is 2.57. The van der Waals surface area contributed by atoms with Gasteiger partial charge in [0.2, 0.25) is 11.8 Å². The zero-order chi connectivity index (χ0) is 41.8. The predicted molar refractivity (Wildman–Crippen MR) is 170 cm³/mol. The number of ether oxygens (including phenoxy) is 1. The molecule has 1 fully saturated rings. The molecule has 5 N–H and O–H groups in total. The zero-order valence-electron chi connectivity index (χ0n) is 29.8. The quantitative estimate of drug-likeness (QED) is 0.124. The van der Waals surface area contributed by atoms with E-state index in [2.05, 4.69) is 9.84 Å². The highest BCUT2D eigenvalue weighted by molar-refractivity contribution is 5.90. The highest BCUT2D eigenvalue weighted by Crippen LogP contribution is 2.42. The van der Waals surface area contributed by atoms with Gasteiger partial charge in [0.1, 0.15) is 23.7 Å². The van der Waals surface area contributed by atoms with Gasteiger partial charge in [-0.05, 0) is 58.7 Å². The van der Waals surface area contributed by atoms with Crippen molar-refractivity contribution >= 4 is 23.8 Å². The van der Waals surface area contributed by atoms with Crippen molar-refractivity contribution in [1.82, 2.24) is 36.2 Å². The number of alkyl carbamates (subject to hydrolysis) is 1. The first kappa shape index (κ1) is 44.7. The third kappa shape index (κ3) is 11.0. The second-order valence-electron chi connectivity index (χ2n) is 13.9. The zero-order valence-corrected chi connectivity index (χ0v) is 29.8. The summed E-state index contributed by atoms with van der Waals surface area (Å²) in [7, 11) is 0.815. The molecule has 1 aromatic carbocycles. The smallest absolute Gasteiger partial charge is 0.407 e. The third-order valence-corrected chi connectivity index (χ3v) is 8.92. The minimum absolute atomic E-state index is 0.204. The van der Waals surface area contributed by atoms with Crippen LogP contribution in [0.2, 0.25) is 0 Å². The first-order valence-corrected chi connectivity index (χ1v) is 16.3. The Bertz CT molecular complexity index is 1690. The molecule has 1 aliphatic rings. The first-order valence-electron chi connectivity index (χ1n) is 16.3. The van der Waals surface area contributed by atoms with E-state index in [4.69, 9.17) is 0 Å². The minimum Gasteiger partial charge on any atom is -0.453 e. The van der Waals surface area contributed by atoms with E-state index in [0.29, 0.717) is 57.7 Å². The van der Waals surface area contributed by atoms with Gasteiger partial charge in [0, 0.05) is 42.9 Å². The molecule has 1 aliphatic carbocycles. The van der Waals surface area contributed by atoms with Crippen molar-refractivity contribution in [3.63, 3.8) is 0 Å². The number of methoxy groups -OCH3 is 1. The van der Waals surface area contributed by atoms with Gasteiger partial charge in [-0.3, -0.25) is 19.8 Å². The largest absolute Gasteiger partial charge is 0.453 e. The molecule has 0 radical (unpaired) electrons. The van der Waals surface area contributed by atoms with Gasteiger partial charge in [-0.15, -0.1) is 0 Å². The van der Waals surface area contributed by atoms with Crippen LogP contribution in [0.4, 0.5) is 48.7 Å². The molecule has 4 amide bonds. The van der Waals surface area contributed by atoms with Gasteiger partial charge in [-0.25, -0.2) is 23.3 Å². The number of carbonyl (C=O) groups excluding carboxylic acids is 4. The maximum atomic E-state index is 15.4. The number of carbonyl (C=O) groups is 4. The van der Waals surface area contributed by atoms with Gasteiger partial charge in [-0.1, -0.05) is 0 Å². The summed E-state index contributed by atoms with van der Waals surface area (Å²) in [5.74, 6) is -7.34. The van der Waals surface area contributed by atoms with Gasteiger partial charge >= 0.3 is 25.0 Å². The lowest BCUT2D eigenvalue weighted by atomic mass is 9.82. The lowest BCUT2D eigenvalue weighted by molar-refractivity contribution is -0.222. The monoisotopic (exact) mass is 807 g/mol. The molecule has 2 aromatic rings. The Morgan fingerprint density at radius 2 is 1.45 bits per heavy atom. The summed E-state index contributed by atoms with van der Waals surface area (Å²) in [5.41, 5.74) is -5.35. The number of amides is 4. The lowest BCUT2D eigenvalue weighted by Crippen LogP contribution is -2.62. The summed E-state index contributed by atoms with van der Waals surface area (Å²) in [6.45, 7) is -3.70. The maximum absolute atomic E-state index is 15.4. The fraction of sp³-hybridized carbons (Fsp3) is 0.594. The third-order valence-electron chi connectivity index (χ3n) is 8.92. The molecule has 0 aliphatic heterocycles. The number of nitrogens with zero attached hydrogens (tertiary/aromatic N) is 3. The number of nitrogens with one attached hydrogen (secondary N) is 4. The Morgan fingerprint density at radius 1 is 0.927 bits per heavy atom. The summed E-state index contributed by atoms with van der Waals surface area (Å²) in [6, 6.07) is -2.31. The Kier molecular flexibility index (Phi) is 13.8. The van der Waals surface area contributed by atoms with Crippen LogP contribution in [0, 0.1) is 28.4 Å². The van der Waals surface area contributed by atoms with E-state index in [-0.39, 0.29) is 15.9 Å². The molecule has 1 saturated carbocycles. The van der Waals surface area contributed by atoms with Gasteiger partial charge in [0.25, 0.3) is 5.91 Å². The Morgan fingerprint density at radius 3 is 1.91 bits per heavy atom. The molecule has 1 aromatic heterocycles. The Balaban J connectivity index is 1.95. The van der Waals surface area contributed by atoms with E-state index >= 15 is 8.78 Å². The van der Waals surface area contributed by atoms with Gasteiger partial charge in [0.05, 0.1) is 29.7 Å². The second kappa shape index (κ2) is 17.0. The van der Waals surface area contributed by atoms with Crippen LogP contribution in [0.25, 0.3) is 11.3 Å². The van der Waals surface area contributed by atoms with E-state index in [1.54, 1.807) is 5.32 Å². The van der Waals surface area contributed by atoms with Crippen LogP contribution in [0.15, 0.2) is 24.4 Å². The van der Waals surface area contributed by atoms with Gasteiger partial charge < -0.3 is 25.8 Å². The van der Waals surface area contributed by atoms with E-state index in [0.717, 1.165) is 19.4 Å². The number of aromatic nitrogens is 2. The van der Waals surface area contributed by atoms with Gasteiger partial charge in [0.15, 0.2) is 0 Å². The highest BCUT2D eigenvalue weighted by atomic mass is 19.4. The number of halogens is 10. The molecule has 3 atom stereocenters. The predicted octanol–water partition coefficient (Wildman–Crippen LogP) is 4.33. The number of hydrogen-bond donors (Lipinski definition) is 5. The van der Waals surface area contributed by atoms with Crippen molar-refractivity contribution in [2.45, 2.75) is 84.2 Å². The summed E-state index contributed by atoms with van der Waals surface area (Å²) < 4.78 is 145. The lowest BCUT2D eigenvalue weighted by Gasteiger charge is -2.37. The summed E-state index contributed by atoms with van der Waals surface area (Å²) in [6.07, 6.45) is -12.0. The molecular weight excluding hydrogens is 768 g/mol. The van der Waals surface area contributed by atoms with Crippen molar-refractivity contribution in [3.8, 4) is 11.3 Å². The Labute approximate surface area is 307 Å². The van der Waals surface area contributed by atoms with E-state index in [1.165, 1.54) is 0 Å². The van der Waals surface area contributed by atoms with Crippen LogP contribution in [0.3, 0.4) is 0 Å². The number of alkyl halides is 8. The fourth-order valence-electron chi connectivity index (χ4n) is 4.96. The second-order valence-corrected chi connectivity index (χ2v) is 13.9. The van der Waals surface area contributed by atoms with Crippen molar-refractivity contribution in [2.75, 3.05) is 20.2 Å². The number of hydrogen-bond acceptors (Lipinski definition) is 8. The molecule has 23 heteroatoms. The average Bonchev–Trinajstić information content (AvgIpc) is 3.80. The molecule has 3 rings (SSSR count). The number of aliphatic hydroxyl groups excluding tert-OH is 1. The molecular formula is C32H39F10N7O6. The topological polar surface area (TPSA) is 167 Å². The maximum Gasteiger partial charge on any atom is 0.407 e. The van der Waals surface area contributed by atoms with E-state index in [1.807, 2.05) is 16.1 Å². The molecule has 1 heterocycles. The number of aliphatic hydroxyl groups is 1. The molecule has 13 nitrogen and oxygen atoms in total. The normalized spacial score (nSPS) is 15.7. The first-order chi connectivity index (χ1) is 25.2. The van der Waals surface area contributed by atoms with Crippen LogP contribution < -0.4 is 21.4 Å². The molecule has 55 heavy (non-hydrogen) atoms. The summed E-state index contributed by atoms with van der Waals surface area (Å²) in [5, 5.41) is 20.6. The molecule has 0 spiro atoms. The molecule has 0 saturated heterocycles. The van der Waals surface area contributed by atoms with Gasteiger partial charge in [-0.2, -0.15) is 40.2 Å². The fourth-order valence-corrected chi connectivity index (χ4v) is 4.96. The Hall–Kier alpha value is -4.67. The van der Waals surface area contributed by atoms with Crippen molar-refractivity contribution in [3.05, 3.63) is 41.6 Å². The summed E-state index contributed by atoms with van der Waals surface area (Å²) >= 11 is 0. The van der Waals surface area contributed by atoms with Crippen LogP contribution >= 0.6 is 0 Å². The van der Waals surface area contributed by atoms with Crippen molar-refractivity contribution < 1.29 is 72.9 Å². The van der Waals surface area contributed by atoms with Crippen molar-refractivity contribution in [1.29, 1.82) is 0 Å². The van der Waals surface area contributed by atoms with E-state index in [9.17, 15) is 59.4 Å². The van der Waals surface area contributed by atoms with Crippen LogP contribution in [-0.4, -0.2) is 94.5 Å². The summed E-state index contributed by atoms with van der Waals surface area (Å²) in [4.78, 5) is 50.7. The number of hydrazine groups is 1. The molecule has 1 unspecified atom stereocenters. The van der Waals surface area contributed by atoms with Crippen LogP contribution in [-0.2, 0) is 25.7 Å². The molecule has 308 valence electrons. The number of benzene rings is 1. The average molecular weight is 808 g/mol. The molecule has 0 bridgehead atoms. The standard InChI is InChI=1S/C32H39F10N7O6/c1-29(2,31(37,38)39)22(45-28(54)55-5)25(52)43-12-17(50)13-48(47-26(53)23(30(3,4)32(40,41)42)44-24(51)15-6-7-15)14-18-19(33)10-16(11-20(18)34)21-8-9-49(46-21)27(35)36/h8-11,15,17,22-23,27,50H,6-7,12-14H2,1-5H3,(H,43,52)(H,44,51)(H,45,54)(H,47,53)/t17-,22?,23-/m1/s1. The minimum atomic E-state index is -5.11. The van der Waals surface area contributed by atoms with E-state index < -0.39 is 114 Å².